The summed E-state index contributed by atoms with van der Waals surface area (Å²) in [7, 11) is 1.65. The molecule has 1 amide bonds. The summed E-state index contributed by atoms with van der Waals surface area (Å²) >= 11 is 1.40. The number of hydrogen-bond donors (Lipinski definition) is 1. The monoisotopic (exact) mass is 270 g/mol. The van der Waals surface area contributed by atoms with Crippen LogP contribution in [-0.2, 0) is 4.74 Å². The molecule has 0 saturated carbocycles. The van der Waals surface area contributed by atoms with E-state index in [2.05, 4.69) is 13.8 Å². The van der Waals surface area contributed by atoms with E-state index in [1.807, 2.05) is 10.3 Å². The lowest BCUT2D eigenvalue weighted by Crippen LogP contribution is -2.41. The van der Waals surface area contributed by atoms with Crippen LogP contribution in [0.2, 0.25) is 0 Å². The van der Waals surface area contributed by atoms with Crippen LogP contribution in [0.1, 0.15) is 36.4 Å². The molecule has 102 valence electrons. The largest absolute Gasteiger partial charge is 0.397 e. The SMILES string of the molecule is CCC(CC)N(CCOC)C(=O)c1sccc1N. The third kappa shape index (κ3) is 3.46. The number of nitrogens with zero attached hydrogens (tertiary/aromatic N) is 1. The summed E-state index contributed by atoms with van der Waals surface area (Å²) in [5, 5.41) is 1.85. The van der Waals surface area contributed by atoms with Crippen molar-refractivity contribution < 1.29 is 9.53 Å². The maximum atomic E-state index is 12.5. The minimum atomic E-state index is 0.0215. The van der Waals surface area contributed by atoms with Crippen molar-refractivity contribution in [3.63, 3.8) is 0 Å². The highest BCUT2D eigenvalue weighted by Crippen LogP contribution is 2.23. The zero-order valence-corrected chi connectivity index (χ0v) is 12.1. The van der Waals surface area contributed by atoms with Crippen LogP contribution in [0.15, 0.2) is 11.4 Å². The normalized spacial score (nSPS) is 10.9. The molecule has 5 heteroatoms. The van der Waals surface area contributed by atoms with Crippen molar-refractivity contribution >= 4 is 22.9 Å². The predicted molar refractivity (Wildman–Crippen MR) is 76.0 cm³/mol. The minimum absolute atomic E-state index is 0.0215. The summed E-state index contributed by atoms with van der Waals surface area (Å²) in [6.45, 7) is 5.35. The Bertz CT molecular complexity index is 375. The fourth-order valence-corrected chi connectivity index (χ4v) is 2.77. The fourth-order valence-electron chi connectivity index (χ4n) is 1.99. The summed E-state index contributed by atoms with van der Waals surface area (Å²) in [5.74, 6) is 0.0215. The van der Waals surface area contributed by atoms with E-state index in [-0.39, 0.29) is 11.9 Å². The van der Waals surface area contributed by atoms with Gasteiger partial charge in [0.2, 0.25) is 0 Å². The Morgan fingerprint density at radius 2 is 2.17 bits per heavy atom. The van der Waals surface area contributed by atoms with E-state index >= 15 is 0 Å². The number of carbonyl (C=O) groups is 1. The Labute approximate surface area is 113 Å². The first-order valence-electron chi connectivity index (χ1n) is 6.28. The first kappa shape index (κ1) is 15.0. The van der Waals surface area contributed by atoms with Crippen molar-refractivity contribution in [2.75, 3.05) is 26.0 Å². The summed E-state index contributed by atoms with van der Waals surface area (Å²) < 4.78 is 5.09. The molecule has 0 radical (unpaired) electrons. The van der Waals surface area contributed by atoms with Gasteiger partial charge in [-0.25, -0.2) is 0 Å². The second-order valence-corrected chi connectivity index (χ2v) is 5.08. The van der Waals surface area contributed by atoms with Crippen LogP contribution in [0, 0.1) is 0 Å². The molecule has 0 spiro atoms. The molecule has 0 aromatic carbocycles. The third-order valence-electron chi connectivity index (χ3n) is 3.07. The number of carbonyl (C=O) groups excluding carboxylic acids is 1. The highest BCUT2D eigenvalue weighted by Gasteiger charge is 2.24. The maximum Gasteiger partial charge on any atom is 0.266 e. The predicted octanol–water partition coefficient (Wildman–Crippen LogP) is 2.61. The number of nitrogens with two attached hydrogens (primary N) is 1. The molecule has 0 saturated heterocycles. The van der Waals surface area contributed by atoms with Crippen LogP contribution < -0.4 is 5.73 Å². The lowest BCUT2D eigenvalue weighted by molar-refractivity contribution is 0.0595. The van der Waals surface area contributed by atoms with Gasteiger partial charge in [0, 0.05) is 19.7 Å². The third-order valence-corrected chi connectivity index (χ3v) is 3.99. The lowest BCUT2D eigenvalue weighted by atomic mass is 10.1. The van der Waals surface area contributed by atoms with E-state index < -0.39 is 0 Å². The molecule has 0 unspecified atom stereocenters. The van der Waals surface area contributed by atoms with E-state index in [0.717, 1.165) is 12.8 Å². The van der Waals surface area contributed by atoms with E-state index in [4.69, 9.17) is 10.5 Å². The molecule has 0 aliphatic rings. The lowest BCUT2D eigenvalue weighted by Gasteiger charge is -2.30. The van der Waals surface area contributed by atoms with E-state index in [0.29, 0.717) is 23.7 Å². The van der Waals surface area contributed by atoms with Crippen molar-refractivity contribution in [2.45, 2.75) is 32.7 Å². The summed E-state index contributed by atoms with van der Waals surface area (Å²) in [5.41, 5.74) is 6.39. The Balaban J connectivity index is 2.88. The Morgan fingerprint density at radius 3 is 2.61 bits per heavy atom. The smallest absolute Gasteiger partial charge is 0.266 e. The second kappa shape index (κ2) is 7.38. The molecule has 1 aromatic heterocycles. The van der Waals surface area contributed by atoms with Gasteiger partial charge in [0.1, 0.15) is 4.88 Å². The Kier molecular flexibility index (Phi) is 6.15. The number of ether oxygens (including phenoxy) is 1. The number of methoxy groups -OCH3 is 1. The number of rotatable bonds is 7. The molecular formula is C13H22N2O2S. The highest BCUT2D eigenvalue weighted by atomic mass is 32.1. The van der Waals surface area contributed by atoms with Gasteiger partial charge in [-0.2, -0.15) is 0 Å². The van der Waals surface area contributed by atoms with Gasteiger partial charge in [0.05, 0.1) is 12.3 Å². The van der Waals surface area contributed by atoms with Gasteiger partial charge in [-0.1, -0.05) is 13.8 Å². The van der Waals surface area contributed by atoms with Crippen LogP contribution in [0.5, 0.6) is 0 Å². The molecule has 1 aromatic rings. The van der Waals surface area contributed by atoms with Gasteiger partial charge in [0.15, 0.2) is 0 Å². The van der Waals surface area contributed by atoms with Gasteiger partial charge in [-0.05, 0) is 24.3 Å². The van der Waals surface area contributed by atoms with Gasteiger partial charge in [-0.3, -0.25) is 4.79 Å². The van der Waals surface area contributed by atoms with Crippen molar-refractivity contribution in [3.8, 4) is 0 Å². The molecule has 0 aliphatic carbocycles. The number of anilines is 1. The quantitative estimate of drug-likeness (QED) is 0.828. The molecule has 0 bridgehead atoms. The zero-order valence-electron chi connectivity index (χ0n) is 11.3. The Hall–Kier alpha value is -1.07. The first-order chi connectivity index (χ1) is 8.65. The van der Waals surface area contributed by atoms with Gasteiger partial charge >= 0.3 is 0 Å². The Morgan fingerprint density at radius 1 is 1.50 bits per heavy atom. The van der Waals surface area contributed by atoms with E-state index in [1.165, 1.54) is 11.3 Å². The van der Waals surface area contributed by atoms with E-state index in [1.54, 1.807) is 13.2 Å². The van der Waals surface area contributed by atoms with Gasteiger partial charge < -0.3 is 15.4 Å². The van der Waals surface area contributed by atoms with Crippen molar-refractivity contribution in [2.24, 2.45) is 0 Å². The van der Waals surface area contributed by atoms with Crippen LogP contribution in [0.3, 0.4) is 0 Å². The molecule has 1 rings (SSSR count). The van der Waals surface area contributed by atoms with Crippen LogP contribution >= 0.6 is 11.3 Å². The van der Waals surface area contributed by atoms with Crippen LogP contribution in [0.4, 0.5) is 5.69 Å². The highest BCUT2D eigenvalue weighted by molar-refractivity contribution is 7.12. The van der Waals surface area contributed by atoms with Crippen molar-refractivity contribution in [1.82, 2.24) is 4.90 Å². The molecule has 0 fully saturated rings. The number of amides is 1. The van der Waals surface area contributed by atoms with E-state index in [9.17, 15) is 4.79 Å². The number of nitrogen functional groups attached to an aromatic ring is 1. The summed E-state index contributed by atoms with van der Waals surface area (Å²) in [6, 6.07) is 2.02. The second-order valence-electron chi connectivity index (χ2n) is 4.17. The van der Waals surface area contributed by atoms with Crippen molar-refractivity contribution in [3.05, 3.63) is 16.3 Å². The standard InChI is InChI=1S/C13H22N2O2S/c1-4-10(5-2)15(7-8-17-3)13(16)12-11(14)6-9-18-12/h6,9-10H,4-5,7-8,14H2,1-3H3. The first-order valence-corrected chi connectivity index (χ1v) is 7.16. The number of thiophene rings is 1. The summed E-state index contributed by atoms with van der Waals surface area (Å²) in [6.07, 6.45) is 1.88. The fraction of sp³-hybridized carbons (Fsp3) is 0.615. The molecule has 1 heterocycles. The van der Waals surface area contributed by atoms with Crippen LogP contribution in [-0.4, -0.2) is 37.1 Å². The molecule has 0 atom stereocenters. The zero-order chi connectivity index (χ0) is 13.5. The molecule has 18 heavy (non-hydrogen) atoms. The molecule has 2 N–H and O–H groups in total. The topological polar surface area (TPSA) is 55.6 Å². The maximum absolute atomic E-state index is 12.5. The van der Waals surface area contributed by atoms with Crippen molar-refractivity contribution in [1.29, 1.82) is 0 Å². The molecule has 0 aliphatic heterocycles. The average molecular weight is 270 g/mol. The average Bonchev–Trinajstić information content (AvgIpc) is 2.80. The van der Waals surface area contributed by atoms with Gasteiger partial charge in [-0.15, -0.1) is 11.3 Å². The van der Waals surface area contributed by atoms with Gasteiger partial charge in [0.25, 0.3) is 5.91 Å². The minimum Gasteiger partial charge on any atom is -0.397 e. The van der Waals surface area contributed by atoms with Crippen LogP contribution in [0.25, 0.3) is 0 Å². The molecular weight excluding hydrogens is 248 g/mol. The summed E-state index contributed by atoms with van der Waals surface area (Å²) in [4.78, 5) is 15.0. The number of hydrogen-bond acceptors (Lipinski definition) is 4. The molecule has 4 nitrogen and oxygen atoms in total.